The van der Waals surface area contributed by atoms with E-state index in [0.29, 0.717) is 11.3 Å². The molecule has 20 heavy (non-hydrogen) atoms. The van der Waals surface area contributed by atoms with Crippen LogP contribution in [0, 0.1) is 0 Å². The first kappa shape index (κ1) is 12.8. The number of fused-ring (bicyclic) bond motifs is 2. The molecule has 4 heteroatoms. The summed E-state index contributed by atoms with van der Waals surface area (Å²) in [5.41, 5.74) is 0.517. The Hall–Kier alpha value is -2.20. The highest BCUT2D eigenvalue weighted by Gasteiger charge is 2.23. The van der Waals surface area contributed by atoms with E-state index in [-0.39, 0.29) is 12.6 Å². The smallest absolute Gasteiger partial charge is 0.339 e. The van der Waals surface area contributed by atoms with Gasteiger partial charge in [0.2, 0.25) is 0 Å². The summed E-state index contributed by atoms with van der Waals surface area (Å²) >= 11 is 1.52. The van der Waals surface area contributed by atoms with Gasteiger partial charge in [-0.2, -0.15) is 0 Å². The van der Waals surface area contributed by atoms with Crippen molar-refractivity contribution in [2.24, 2.45) is 0 Å². The molecule has 0 saturated heterocycles. The van der Waals surface area contributed by atoms with Crippen LogP contribution in [-0.2, 0) is 4.74 Å². The normalized spacial score (nSPS) is 11.8. The van der Waals surface area contributed by atoms with Crippen molar-refractivity contribution in [1.82, 2.24) is 0 Å². The van der Waals surface area contributed by atoms with Crippen LogP contribution in [0.2, 0.25) is 0 Å². The molecule has 1 aliphatic heterocycles. The molecule has 2 aromatic carbocycles. The minimum absolute atomic E-state index is 0.199. The molecule has 3 rings (SSSR count). The van der Waals surface area contributed by atoms with Crippen molar-refractivity contribution < 1.29 is 14.3 Å². The lowest BCUT2D eigenvalue weighted by Crippen LogP contribution is -2.08. The van der Waals surface area contributed by atoms with E-state index in [2.05, 4.69) is 6.58 Å². The van der Waals surface area contributed by atoms with Crippen LogP contribution in [-0.4, -0.2) is 12.6 Å². The van der Waals surface area contributed by atoms with Gasteiger partial charge in [-0.05, 0) is 24.3 Å². The Morgan fingerprint density at radius 3 is 2.85 bits per heavy atom. The molecule has 0 radical (unpaired) electrons. The fourth-order valence-corrected chi connectivity index (χ4v) is 2.97. The monoisotopic (exact) mass is 284 g/mol. The van der Waals surface area contributed by atoms with E-state index >= 15 is 0 Å². The van der Waals surface area contributed by atoms with Gasteiger partial charge in [-0.3, -0.25) is 0 Å². The fraction of sp³-hybridized carbons (Fsp3) is 0.0625. The second-order valence-corrected chi connectivity index (χ2v) is 5.22. The third-order valence-corrected chi connectivity index (χ3v) is 3.99. The number of ether oxygens (including phenoxy) is 2. The molecule has 1 heterocycles. The number of para-hydroxylation sites is 1. The summed E-state index contributed by atoms with van der Waals surface area (Å²) in [7, 11) is 0. The maximum Gasteiger partial charge on any atom is 0.339 e. The summed E-state index contributed by atoms with van der Waals surface area (Å²) in [5.74, 6) is 1.13. The molecule has 1 aliphatic rings. The molecule has 0 atom stereocenters. The molecule has 0 fully saturated rings. The quantitative estimate of drug-likeness (QED) is 0.531. The molecular formula is C16H12O3S. The van der Waals surface area contributed by atoms with Crippen molar-refractivity contribution in [3.8, 4) is 11.5 Å². The molecule has 0 saturated carbocycles. The van der Waals surface area contributed by atoms with Gasteiger partial charge in [0.15, 0.2) is 0 Å². The van der Waals surface area contributed by atoms with Gasteiger partial charge in [-0.25, -0.2) is 4.79 Å². The summed E-state index contributed by atoms with van der Waals surface area (Å²) in [6.45, 7) is 3.74. The van der Waals surface area contributed by atoms with Gasteiger partial charge >= 0.3 is 5.97 Å². The van der Waals surface area contributed by atoms with Gasteiger partial charge < -0.3 is 9.47 Å². The Bertz CT molecular complexity index is 679. The molecule has 0 bridgehead atoms. The highest BCUT2D eigenvalue weighted by Crippen LogP contribution is 2.48. The number of carbonyl (C=O) groups is 1. The largest absolute Gasteiger partial charge is 0.458 e. The van der Waals surface area contributed by atoms with Crippen molar-refractivity contribution in [2.45, 2.75) is 9.79 Å². The second kappa shape index (κ2) is 5.43. The third kappa shape index (κ3) is 2.30. The molecule has 0 N–H and O–H groups in total. The molecular weight excluding hydrogens is 272 g/mol. The van der Waals surface area contributed by atoms with Crippen LogP contribution in [0.4, 0.5) is 0 Å². The van der Waals surface area contributed by atoms with Crippen molar-refractivity contribution in [1.29, 1.82) is 0 Å². The van der Waals surface area contributed by atoms with E-state index in [9.17, 15) is 4.79 Å². The zero-order valence-electron chi connectivity index (χ0n) is 10.7. The predicted molar refractivity (Wildman–Crippen MR) is 77.6 cm³/mol. The van der Waals surface area contributed by atoms with E-state index in [1.165, 1.54) is 11.8 Å². The highest BCUT2D eigenvalue weighted by molar-refractivity contribution is 7.99. The maximum absolute atomic E-state index is 12.0. The Morgan fingerprint density at radius 1 is 1.20 bits per heavy atom. The topological polar surface area (TPSA) is 35.5 Å². The predicted octanol–water partition coefficient (Wildman–Crippen LogP) is 4.29. The van der Waals surface area contributed by atoms with Crippen molar-refractivity contribution in [3.63, 3.8) is 0 Å². The summed E-state index contributed by atoms with van der Waals surface area (Å²) < 4.78 is 10.9. The van der Waals surface area contributed by atoms with Gasteiger partial charge in [0.25, 0.3) is 0 Å². The van der Waals surface area contributed by atoms with E-state index in [1.54, 1.807) is 18.2 Å². The van der Waals surface area contributed by atoms with Crippen LogP contribution in [0.5, 0.6) is 11.5 Å². The number of benzene rings is 2. The van der Waals surface area contributed by atoms with Crippen LogP contribution in [0.1, 0.15) is 10.4 Å². The second-order valence-electron chi connectivity index (χ2n) is 4.17. The van der Waals surface area contributed by atoms with Crippen LogP contribution >= 0.6 is 11.8 Å². The number of carbonyl (C=O) groups excluding carboxylic acids is 1. The minimum atomic E-state index is -0.364. The van der Waals surface area contributed by atoms with Crippen molar-refractivity contribution in [3.05, 3.63) is 60.7 Å². The fourth-order valence-electron chi connectivity index (χ4n) is 1.92. The van der Waals surface area contributed by atoms with Gasteiger partial charge in [0, 0.05) is 0 Å². The van der Waals surface area contributed by atoms with Crippen LogP contribution in [0.25, 0.3) is 0 Å². The summed E-state index contributed by atoms with van der Waals surface area (Å²) in [5, 5.41) is 0. The molecule has 0 aliphatic carbocycles. The SMILES string of the molecule is C=CCOC(=O)c1cccc2c1Sc1ccccc1O2. The minimum Gasteiger partial charge on any atom is -0.458 e. The van der Waals surface area contributed by atoms with Crippen LogP contribution in [0.15, 0.2) is 64.9 Å². The Labute approximate surface area is 121 Å². The highest BCUT2D eigenvalue weighted by atomic mass is 32.2. The molecule has 100 valence electrons. The molecule has 0 aromatic heterocycles. The first-order valence-electron chi connectivity index (χ1n) is 6.15. The maximum atomic E-state index is 12.0. The van der Waals surface area contributed by atoms with E-state index in [4.69, 9.17) is 9.47 Å². The summed E-state index contributed by atoms with van der Waals surface area (Å²) in [6, 6.07) is 13.1. The van der Waals surface area contributed by atoms with Crippen molar-refractivity contribution in [2.75, 3.05) is 6.61 Å². The Morgan fingerprint density at radius 2 is 2.00 bits per heavy atom. The average molecular weight is 284 g/mol. The zero-order chi connectivity index (χ0) is 13.9. The lowest BCUT2D eigenvalue weighted by atomic mass is 10.2. The lowest BCUT2D eigenvalue weighted by molar-refractivity contribution is 0.0545. The molecule has 0 spiro atoms. The number of hydrogen-bond donors (Lipinski definition) is 0. The first-order chi connectivity index (χ1) is 9.79. The van der Waals surface area contributed by atoms with Gasteiger partial charge in [-0.1, -0.05) is 42.6 Å². The summed E-state index contributed by atoms with van der Waals surface area (Å²) in [6.07, 6.45) is 1.55. The molecule has 2 aromatic rings. The van der Waals surface area contributed by atoms with E-state index in [0.717, 1.165) is 15.5 Å². The summed E-state index contributed by atoms with van der Waals surface area (Å²) in [4.78, 5) is 13.8. The Balaban J connectivity index is 1.97. The van der Waals surface area contributed by atoms with E-state index < -0.39 is 0 Å². The molecule has 0 amide bonds. The Kier molecular flexibility index (Phi) is 3.48. The number of rotatable bonds is 3. The lowest BCUT2D eigenvalue weighted by Gasteiger charge is -2.21. The molecule has 0 unspecified atom stereocenters. The number of hydrogen-bond acceptors (Lipinski definition) is 4. The van der Waals surface area contributed by atoms with Gasteiger partial charge in [0.1, 0.15) is 18.1 Å². The third-order valence-electron chi connectivity index (χ3n) is 2.81. The molecule has 3 nitrogen and oxygen atoms in total. The number of esters is 1. The van der Waals surface area contributed by atoms with E-state index in [1.807, 2.05) is 30.3 Å². The van der Waals surface area contributed by atoms with Crippen LogP contribution in [0.3, 0.4) is 0 Å². The first-order valence-corrected chi connectivity index (χ1v) is 6.97. The van der Waals surface area contributed by atoms with Gasteiger partial charge in [-0.15, -0.1) is 0 Å². The average Bonchev–Trinajstić information content (AvgIpc) is 2.50. The zero-order valence-corrected chi connectivity index (χ0v) is 11.5. The van der Waals surface area contributed by atoms with Crippen molar-refractivity contribution >= 4 is 17.7 Å². The van der Waals surface area contributed by atoms with Gasteiger partial charge in [0.05, 0.1) is 15.4 Å². The standard InChI is InChI=1S/C16H12O3S/c1-2-10-18-16(17)11-6-5-8-13-15(11)20-14-9-4-3-7-12(14)19-13/h2-9H,1,10H2. The van der Waals surface area contributed by atoms with Crippen LogP contribution < -0.4 is 4.74 Å².